The number of furan rings is 1. The summed E-state index contributed by atoms with van der Waals surface area (Å²) in [5.41, 5.74) is 3.75. The van der Waals surface area contributed by atoms with Crippen LogP contribution in [0.2, 0.25) is 0 Å². The van der Waals surface area contributed by atoms with Gasteiger partial charge in [0.1, 0.15) is 30.2 Å². The van der Waals surface area contributed by atoms with Crippen molar-refractivity contribution in [3.05, 3.63) is 71.2 Å². The topological polar surface area (TPSA) is 58.0 Å². The highest BCUT2D eigenvalue weighted by Crippen LogP contribution is 2.42. The number of aryl methyl sites for hydroxylation is 1. The molecule has 0 fully saturated rings. The van der Waals surface area contributed by atoms with Gasteiger partial charge in [-0.15, -0.1) is 0 Å². The number of H-pyrrole nitrogens is 1. The number of rotatable bonds is 3. The highest BCUT2D eigenvalue weighted by molar-refractivity contribution is 6.17. The van der Waals surface area contributed by atoms with Crippen LogP contribution in [0.25, 0.3) is 21.7 Å². The zero-order valence-electron chi connectivity index (χ0n) is 16.0. The molecule has 0 spiro atoms. The fraction of sp³-hybridized carbons (Fsp3) is 0.217. The number of Topliss-reactive ketones (excluding diaryl/α,β-unsaturated/α-hetero) is 1. The van der Waals surface area contributed by atoms with Crippen molar-refractivity contribution in [2.45, 2.75) is 26.9 Å². The van der Waals surface area contributed by atoms with Gasteiger partial charge in [0.05, 0.1) is 16.7 Å². The smallest absolute Gasteiger partial charge is 0.223 e. The Morgan fingerprint density at radius 1 is 1.18 bits per heavy atom. The predicted octanol–water partition coefficient (Wildman–Crippen LogP) is 2.85. The zero-order valence-corrected chi connectivity index (χ0v) is 16.0. The van der Waals surface area contributed by atoms with Gasteiger partial charge in [-0.3, -0.25) is 9.69 Å². The number of ketones is 1. The number of hydrogen-bond donors (Lipinski definition) is 1. The van der Waals surface area contributed by atoms with E-state index in [1.165, 1.54) is 10.5 Å². The molecule has 1 aliphatic rings. The lowest BCUT2D eigenvalue weighted by Crippen LogP contribution is -3.10. The minimum atomic E-state index is 0.0264. The molecule has 0 radical (unpaired) electrons. The maximum Gasteiger partial charge on any atom is 0.223 e. The van der Waals surface area contributed by atoms with Gasteiger partial charge >= 0.3 is 0 Å². The number of fused-ring (bicyclic) bond motifs is 6. The molecule has 0 saturated carbocycles. The van der Waals surface area contributed by atoms with E-state index < -0.39 is 0 Å². The molecule has 3 heterocycles. The van der Waals surface area contributed by atoms with Crippen LogP contribution in [0.5, 0.6) is 5.75 Å². The number of benzene rings is 2. The van der Waals surface area contributed by atoms with Crippen LogP contribution in [0.4, 0.5) is 0 Å². The number of carbonyl (C=O) groups excluding carboxylic acids is 1. The number of carbonyl (C=O) groups is 1. The number of quaternary nitrogens is 1. The molecular weight excluding hydrogens is 352 g/mol. The first kappa shape index (κ1) is 17.0. The molecule has 5 rings (SSSR count). The Balaban J connectivity index is 1.71. The molecule has 0 bridgehead atoms. The molecule has 4 aromatic rings. The van der Waals surface area contributed by atoms with Gasteiger partial charge in [-0.2, -0.15) is 0 Å². The average molecular weight is 374 g/mol. The Hall–Kier alpha value is -3.18. The van der Waals surface area contributed by atoms with Gasteiger partial charge < -0.3 is 9.15 Å². The summed E-state index contributed by atoms with van der Waals surface area (Å²) < 4.78 is 12.4. The highest BCUT2D eigenvalue weighted by atomic mass is 16.5. The first-order valence-corrected chi connectivity index (χ1v) is 9.52. The summed E-state index contributed by atoms with van der Waals surface area (Å²) in [6.07, 6.45) is 3.92. The lowest BCUT2D eigenvalue weighted by Gasteiger charge is -2.27. The Bertz CT molecular complexity index is 1210. The molecule has 0 amide bonds. The predicted molar refractivity (Wildman–Crippen MR) is 105 cm³/mol. The molecule has 5 heteroatoms. The maximum absolute atomic E-state index is 12.4. The molecule has 1 aliphatic heterocycles. The number of nitrogens with one attached hydrogen (secondary N) is 2. The van der Waals surface area contributed by atoms with E-state index in [4.69, 9.17) is 9.15 Å². The van der Waals surface area contributed by atoms with Crippen molar-refractivity contribution in [2.24, 2.45) is 0 Å². The molecule has 2 aromatic heterocycles. The van der Waals surface area contributed by atoms with Gasteiger partial charge in [0.25, 0.3) is 0 Å². The van der Waals surface area contributed by atoms with Crippen LogP contribution >= 0.6 is 0 Å². The second-order valence-electron chi connectivity index (χ2n) is 7.45. The molecular formula is C23H22N2O3+2. The number of pyridine rings is 1. The summed E-state index contributed by atoms with van der Waals surface area (Å²) in [6, 6.07) is 12.2. The van der Waals surface area contributed by atoms with Gasteiger partial charge in [0.15, 0.2) is 18.2 Å². The quantitative estimate of drug-likeness (QED) is 0.561. The SMILES string of the molecule is CC(=O)c1c(C)oc2c1c1c(c3ccccc32)OC[NH+](Cc2ccc[nH+]c2)C1. The average Bonchev–Trinajstić information content (AvgIpc) is 3.06. The standard InChI is InChI=1S/C23H20N2O3/c1-14(26)20-15(2)28-23-18-8-4-3-7-17(18)22-19(21(20)23)12-25(13-27-22)11-16-6-5-9-24-10-16/h3-10H,11-13H2,1-2H3/p+2. The first-order chi connectivity index (χ1) is 13.6. The van der Waals surface area contributed by atoms with E-state index in [1.807, 2.05) is 43.6 Å². The lowest BCUT2D eigenvalue weighted by molar-refractivity contribution is -0.945. The fourth-order valence-corrected chi connectivity index (χ4v) is 4.35. The third-order valence-corrected chi connectivity index (χ3v) is 5.50. The van der Waals surface area contributed by atoms with Crippen molar-refractivity contribution in [3.63, 3.8) is 0 Å². The van der Waals surface area contributed by atoms with Crippen LogP contribution in [0.15, 0.2) is 53.2 Å². The van der Waals surface area contributed by atoms with Crippen LogP contribution in [-0.4, -0.2) is 12.5 Å². The highest BCUT2D eigenvalue weighted by Gasteiger charge is 2.30. The van der Waals surface area contributed by atoms with Crippen molar-refractivity contribution in [2.75, 3.05) is 6.73 Å². The van der Waals surface area contributed by atoms with Crippen LogP contribution in [0.3, 0.4) is 0 Å². The van der Waals surface area contributed by atoms with Gasteiger partial charge in [0, 0.05) is 22.2 Å². The molecule has 5 nitrogen and oxygen atoms in total. The van der Waals surface area contributed by atoms with E-state index in [0.717, 1.165) is 46.1 Å². The lowest BCUT2D eigenvalue weighted by atomic mass is 9.95. The summed E-state index contributed by atoms with van der Waals surface area (Å²) in [4.78, 5) is 16.9. The van der Waals surface area contributed by atoms with Crippen molar-refractivity contribution < 1.29 is 23.8 Å². The molecule has 1 unspecified atom stereocenters. The Kier molecular flexibility index (Phi) is 3.91. The second-order valence-corrected chi connectivity index (χ2v) is 7.45. The minimum Gasteiger partial charge on any atom is -0.460 e. The summed E-state index contributed by atoms with van der Waals surface area (Å²) >= 11 is 0. The summed E-state index contributed by atoms with van der Waals surface area (Å²) in [6.45, 7) is 5.69. The van der Waals surface area contributed by atoms with E-state index in [1.54, 1.807) is 6.92 Å². The van der Waals surface area contributed by atoms with Crippen molar-refractivity contribution >= 4 is 27.5 Å². The fourth-order valence-electron chi connectivity index (χ4n) is 4.35. The largest absolute Gasteiger partial charge is 0.460 e. The van der Waals surface area contributed by atoms with Gasteiger partial charge in [0.2, 0.25) is 6.73 Å². The number of aromatic nitrogens is 1. The van der Waals surface area contributed by atoms with E-state index in [-0.39, 0.29) is 5.78 Å². The Morgan fingerprint density at radius 2 is 2.00 bits per heavy atom. The van der Waals surface area contributed by atoms with Gasteiger partial charge in [-0.25, -0.2) is 4.98 Å². The molecule has 140 valence electrons. The van der Waals surface area contributed by atoms with E-state index in [9.17, 15) is 4.79 Å². The van der Waals surface area contributed by atoms with Crippen molar-refractivity contribution in [1.82, 2.24) is 0 Å². The van der Waals surface area contributed by atoms with Gasteiger partial charge in [-0.1, -0.05) is 24.3 Å². The zero-order chi connectivity index (χ0) is 19.3. The van der Waals surface area contributed by atoms with Crippen molar-refractivity contribution in [1.29, 1.82) is 0 Å². The number of aromatic amines is 1. The van der Waals surface area contributed by atoms with E-state index >= 15 is 0 Å². The maximum atomic E-state index is 12.4. The summed E-state index contributed by atoms with van der Waals surface area (Å²) in [5, 5.41) is 2.95. The molecule has 0 aliphatic carbocycles. The van der Waals surface area contributed by atoms with Crippen LogP contribution in [-0.2, 0) is 13.1 Å². The van der Waals surface area contributed by atoms with Crippen LogP contribution < -0.4 is 14.6 Å². The monoisotopic (exact) mass is 374 g/mol. The van der Waals surface area contributed by atoms with Crippen molar-refractivity contribution in [3.8, 4) is 5.75 Å². The first-order valence-electron chi connectivity index (χ1n) is 9.52. The van der Waals surface area contributed by atoms with Gasteiger partial charge in [-0.05, 0) is 19.9 Å². The number of hydrogen-bond acceptors (Lipinski definition) is 3. The van der Waals surface area contributed by atoms with E-state index in [2.05, 4.69) is 17.1 Å². The normalized spacial score (nSPS) is 16.1. The Labute approximate surface area is 162 Å². The molecule has 2 N–H and O–H groups in total. The van der Waals surface area contributed by atoms with E-state index in [0.29, 0.717) is 18.1 Å². The molecule has 2 aromatic carbocycles. The molecule has 28 heavy (non-hydrogen) atoms. The van der Waals surface area contributed by atoms with Crippen LogP contribution in [0.1, 0.15) is 34.2 Å². The summed E-state index contributed by atoms with van der Waals surface area (Å²) in [7, 11) is 0. The molecule has 0 saturated heterocycles. The second kappa shape index (κ2) is 6.46. The molecule has 1 atom stereocenters. The van der Waals surface area contributed by atoms with Crippen LogP contribution in [0, 0.1) is 6.92 Å². The summed E-state index contributed by atoms with van der Waals surface area (Å²) in [5.74, 6) is 1.58. The number of ether oxygens (including phenoxy) is 1. The third kappa shape index (κ3) is 2.59. The third-order valence-electron chi connectivity index (χ3n) is 5.50. The minimum absolute atomic E-state index is 0.0264. The Morgan fingerprint density at radius 3 is 2.75 bits per heavy atom.